The highest BCUT2D eigenvalue weighted by molar-refractivity contribution is 6.30. The van der Waals surface area contributed by atoms with Gasteiger partial charge >= 0.3 is 0 Å². The summed E-state index contributed by atoms with van der Waals surface area (Å²) in [4.78, 5) is 0. The molecular weight excluding hydrogens is 249 g/mol. The fourth-order valence-electron chi connectivity index (χ4n) is 2.05. The predicted octanol–water partition coefficient (Wildman–Crippen LogP) is 3.90. The number of rotatable bonds is 3. The van der Waals surface area contributed by atoms with Crippen molar-refractivity contribution in [1.82, 2.24) is 0 Å². The van der Waals surface area contributed by atoms with Crippen LogP contribution in [0.15, 0.2) is 48.5 Å². The lowest BCUT2D eigenvalue weighted by atomic mass is 9.86. The van der Waals surface area contributed by atoms with Crippen molar-refractivity contribution in [3.8, 4) is 0 Å². The highest BCUT2D eigenvalue weighted by Crippen LogP contribution is 2.25. The van der Waals surface area contributed by atoms with E-state index in [0.29, 0.717) is 17.0 Å². The summed E-state index contributed by atoms with van der Waals surface area (Å²) >= 11 is 5.83. The zero-order valence-corrected chi connectivity index (χ0v) is 10.9. The summed E-state index contributed by atoms with van der Waals surface area (Å²) in [7, 11) is 0. The number of hydrogen-bond acceptors (Lipinski definition) is 1. The Morgan fingerprint density at radius 2 is 1.72 bits per heavy atom. The first kappa shape index (κ1) is 13.1. The van der Waals surface area contributed by atoms with E-state index in [1.165, 1.54) is 6.07 Å². The van der Waals surface area contributed by atoms with E-state index in [1.807, 2.05) is 31.2 Å². The van der Waals surface area contributed by atoms with Gasteiger partial charge in [-0.15, -0.1) is 0 Å². The van der Waals surface area contributed by atoms with E-state index in [2.05, 4.69) is 0 Å². The molecule has 0 radical (unpaired) electrons. The Balaban J connectivity index is 2.27. The zero-order chi connectivity index (χ0) is 13.2. The van der Waals surface area contributed by atoms with Crippen LogP contribution in [0.5, 0.6) is 0 Å². The number of hydrogen-bond donors (Lipinski definition) is 1. The zero-order valence-electron chi connectivity index (χ0n) is 10.2. The van der Waals surface area contributed by atoms with E-state index in [0.717, 1.165) is 5.56 Å². The molecule has 0 heterocycles. The average molecular weight is 264 g/mol. The maximum Gasteiger partial charge on any atom is 0.128 e. The van der Waals surface area contributed by atoms with Gasteiger partial charge < -0.3 is 5.73 Å². The Morgan fingerprint density at radius 1 is 1.11 bits per heavy atom. The van der Waals surface area contributed by atoms with Gasteiger partial charge in [0.1, 0.15) is 5.82 Å². The second kappa shape index (κ2) is 5.09. The highest BCUT2D eigenvalue weighted by Gasteiger charge is 2.24. The second-order valence-corrected chi connectivity index (χ2v) is 5.14. The van der Waals surface area contributed by atoms with E-state index in [1.54, 1.807) is 18.2 Å². The lowest BCUT2D eigenvalue weighted by Crippen LogP contribution is -2.36. The van der Waals surface area contributed by atoms with Crippen molar-refractivity contribution >= 4 is 11.6 Å². The molecule has 2 aromatic carbocycles. The van der Waals surface area contributed by atoms with E-state index < -0.39 is 5.54 Å². The normalized spacial score (nSPS) is 14.2. The molecule has 0 aromatic heterocycles. The third-order valence-corrected chi connectivity index (χ3v) is 3.23. The molecule has 0 amide bonds. The average Bonchev–Trinajstić information content (AvgIpc) is 2.32. The molecule has 0 aliphatic rings. The molecule has 0 spiro atoms. The van der Waals surface area contributed by atoms with E-state index in [9.17, 15) is 4.39 Å². The summed E-state index contributed by atoms with van der Waals surface area (Å²) in [6.07, 6.45) is 0.561. The summed E-state index contributed by atoms with van der Waals surface area (Å²) in [5.41, 5.74) is 7.06. The SMILES string of the molecule is CC(N)(Cc1ccc(Cl)cc1)c1ccccc1F. The van der Waals surface area contributed by atoms with Gasteiger partial charge in [0.15, 0.2) is 0 Å². The molecule has 2 rings (SSSR count). The number of nitrogens with two attached hydrogens (primary N) is 1. The fourth-order valence-corrected chi connectivity index (χ4v) is 2.17. The third kappa shape index (κ3) is 2.89. The first-order valence-corrected chi connectivity index (χ1v) is 6.15. The Kier molecular flexibility index (Phi) is 3.69. The van der Waals surface area contributed by atoms with Crippen molar-refractivity contribution in [2.75, 3.05) is 0 Å². The quantitative estimate of drug-likeness (QED) is 0.893. The molecule has 0 fully saturated rings. The van der Waals surface area contributed by atoms with Gasteiger partial charge in [0.25, 0.3) is 0 Å². The highest BCUT2D eigenvalue weighted by atomic mass is 35.5. The Hall–Kier alpha value is -1.38. The van der Waals surface area contributed by atoms with Crippen LogP contribution >= 0.6 is 11.6 Å². The van der Waals surface area contributed by atoms with Gasteiger partial charge in [-0.25, -0.2) is 4.39 Å². The molecule has 0 bridgehead atoms. The van der Waals surface area contributed by atoms with Crippen molar-refractivity contribution in [3.05, 3.63) is 70.5 Å². The summed E-state index contributed by atoms with van der Waals surface area (Å²) in [6, 6.07) is 14.1. The van der Waals surface area contributed by atoms with Gasteiger partial charge in [-0.3, -0.25) is 0 Å². The molecule has 18 heavy (non-hydrogen) atoms. The molecule has 0 saturated carbocycles. The summed E-state index contributed by atoms with van der Waals surface area (Å²) in [6.45, 7) is 1.83. The minimum Gasteiger partial charge on any atom is -0.321 e. The summed E-state index contributed by atoms with van der Waals surface area (Å²) in [5.74, 6) is -0.267. The molecule has 1 atom stereocenters. The van der Waals surface area contributed by atoms with E-state index in [4.69, 9.17) is 17.3 Å². The lowest BCUT2D eigenvalue weighted by molar-refractivity contribution is 0.457. The van der Waals surface area contributed by atoms with Gasteiger partial charge in [0, 0.05) is 16.1 Å². The molecule has 1 unspecified atom stereocenters. The largest absolute Gasteiger partial charge is 0.321 e. The Bertz CT molecular complexity index is 534. The molecule has 3 heteroatoms. The molecule has 0 aliphatic heterocycles. The van der Waals surface area contributed by atoms with E-state index in [-0.39, 0.29) is 5.82 Å². The van der Waals surface area contributed by atoms with Crippen LogP contribution in [-0.2, 0) is 12.0 Å². The maximum absolute atomic E-state index is 13.8. The molecule has 0 aliphatic carbocycles. The van der Waals surface area contributed by atoms with Crippen LogP contribution in [0, 0.1) is 5.82 Å². The number of halogens is 2. The molecule has 2 N–H and O–H groups in total. The Morgan fingerprint density at radius 3 is 2.33 bits per heavy atom. The monoisotopic (exact) mass is 263 g/mol. The Labute approximate surface area is 111 Å². The van der Waals surface area contributed by atoms with Crippen LogP contribution in [0.3, 0.4) is 0 Å². The van der Waals surface area contributed by atoms with Gasteiger partial charge in [-0.1, -0.05) is 41.9 Å². The van der Waals surface area contributed by atoms with Crippen LogP contribution in [0.2, 0.25) is 5.02 Å². The van der Waals surface area contributed by atoms with E-state index >= 15 is 0 Å². The summed E-state index contributed by atoms with van der Waals surface area (Å²) in [5, 5.41) is 0.684. The van der Waals surface area contributed by atoms with Gasteiger partial charge in [-0.2, -0.15) is 0 Å². The second-order valence-electron chi connectivity index (χ2n) is 4.70. The van der Waals surface area contributed by atoms with Crippen LogP contribution in [0.1, 0.15) is 18.1 Å². The minimum absolute atomic E-state index is 0.267. The maximum atomic E-state index is 13.8. The van der Waals surface area contributed by atoms with Crippen molar-refractivity contribution in [1.29, 1.82) is 0 Å². The van der Waals surface area contributed by atoms with Crippen LogP contribution < -0.4 is 5.73 Å². The molecule has 94 valence electrons. The fraction of sp³-hybridized carbons (Fsp3) is 0.200. The molecule has 0 saturated heterocycles. The number of benzene rings is 2. The topological polar surface area (TPSA) is 26.0 Å². The van der Waals surface area contributed by atoms with Crippen LogP contribution in [0.25, 0.3) is 0 Å². The minimum atomic E-state index is -0.737. The molecule has 1 nitrogen and oxygen atoms in total. The predicted molar refractivity (Wildman–Crippen MR) is 73.1 cm³/mol. The lowest BCUT2D eigenvalue weighted by Gasteiger charge is -2.26. The van der Waals surface area contributed by atoms with Crippen molar-refractivity contribution < 1.29 is 4.39 Å². The first-order chi connectivity index (χ1) is 8.49. The standard InChI is InChI=1S/C15H15ClFN/c1-15(18,13-4-2-3-5-14(13)17)10-11-6-8-12(16)9-7-11/h2-9H,10,18H2,1H3. The van der Waals surface area contributed by atoms with Crippen LogP contribution in [0.4, 0.5) is 4.39 Å². The van der Waals surface area contributed by atoms with Gasteiger partial charge in [-0.05, 0) is 37.1 Å². The third-order valence-electron chi connectivity index (χ3n) is 2.97. The van der Waals surface area contributed by atoms with Crippen molar-refractivity contribution in [2.24, 2.45) is 5.73 Å². The smallest absolute Gasteiger partial charge is 0.128 e. The molecular formula is C15H15ClFN. The van der Waals surface area contributed by atoms with Gasteiger partial charge in [0.05, 0.1) is 0 Å². The van der Waals surface area contributed by atoms with Crippen molar-refractivity contribution in [3.63, 3.8) is 0 Å². The van der Waals surface area contributed by atoms with Crippen LogP contribution in [-0.4, -0.2) is 0 Å². The summed E-state index contributed by atoms with van der Waals surface area (Å²) < 4.78 is 13.8. The molecule has 2 aromatic rings. The van der Waals surface area contributed by atoms with Crippen molar-refractivity contribution in [2.45, 2.75) is 18.9 Å². The van der Waals surface area contributed by atoms with Gasteiger partial charge in [0.2, 0.25) is 0 Å². The first-order valence-electron chi connectivity index (χ1n) is 5.77.